The van der Waals surface area contributed by atoms with Crippen LogP contribution in [0, 0.1) is 0 Å². The van der Waals surface area contributed by atoms with Crippen molar-refractivity contribution in [1.82, 2.24) is 9.97 Å². The maximum absolute atomic E-state index is 6.24. The maximum Gasteiger partial charge on any atom is 0.165 e. The highest BCUT2D eigenvalue weighted by Gasteiger charge is 2.30. The topological polar surface area (TPSA) is 54.7 Å². The van der Waals surface area contributed by atoms with E-state index in [9.17, 15) is 0 Å². The zero-order valence-electron chi connectivity index (χ0n) is 8.76. The van der Waals surface area contributed by atoms with Gasteiger partial charge in [0.05, 0.1) is 0 Å². The van der Waals surface area contributed by atoms with Crippen LogP contribution in [-0.4, -0.2) is 15.2 Å². The monoisotopic (exact) mass is 231 g/mol. The van der Waals surface area contributed by atoms with Gasteiger partial charge in [-0.1, -0.05) is 36.0 Å². The van der Waals surface area contributed by atoms with Crippen molar-refractivity contribution < 1.29 is 0 Å². The van der Waals surface area contributed by atoms with Gasteiger partial charge < -0.3 is 10.7 Å². The Morgan fingerprint density at radius 1 is 1.38 bits per heavy atom. The van der Waals surface area contributed by atoms with E-state index in [1.165, 1.54) is 11.1 Å². The number of imidazole rings is 1. The molecular weight excluding hydrogens is 218 g/mol. The van der Waals surface area contributed by atoms with Crippen LogP contribution in [0.4, 0.5) is 0 Å². The first-order chi connectivity index (χ1) is 7.84. The third-order valence-electron chi connectivity index (χ3n) is 2.97. The van der Waals surface area contributed by atoms with E-state index < -0.39 is 0 Å². The van der Waals surface area contributed by atoms with Gasteiger partial charge in [0.25, 0.3) is 0 Å². The minimum atomic E-state index is 0.117. The van der Waals surface area contributed by atoms with Crippen LogP contribution in [0.2, 0.25) is 0 Å². The van der Waals surface area contributed by atoms with Crippen LogP contribution in [-0.2, 0) is 6.42 Å². The summed E-state index contributed by atoms with van der Waals surface area (Å²) in [6, 6.07) is 8.54. The molecule has 1 aromatic heterocycles. The van der Waals surface area contributed by atoms with Gasteiger partial charge >= 0.3 is 0 Å². The number of nitrogens with zero attached hydrogens (tertiary/aromatic N) is 1. The first kappa shape index (κ1) is 9.93. The number of hydrogen-bond acceptors (Lipinski definition) is 3. The molecule has 0 spiro atoms. The van der Waals surface area contributed by atoms with Crippen molar-refractivity contribution in [3.8, 4) is 0 Å². The summed E-state index contributed by atoms with van der Waals surface area (Å²) in [6.07, 6.45) is 4.65. The molecule has 1 heterocycles. The fourth-order valence-electron chi connectivity index (χ4n) is 2.16. The molecule has 2 aromatic rings. The van der Waals surface area contributed by atoms with E-state index in [0.29, 0.717) is 5.25 Å². The quantitative estimate of drug-likeness (QED) is 0.832. The Kier molecular flexibility index (Phi) is 2.46. The molecular formula is C12H13N3S. The number of fused-ring (bicyclic) bond motifs is 1. The molecule has 4 heteroatoms. The van der Waals surface area contributed by atoms with E-state index >= 15 is 0 Å². The Balaban J connectivity index is 1.82. The van der Waals surface area contributed by atoms with Crippen molar-refractivity contribution in [2.24, 2.45) is 5.73 Å². The highest BCUT2D eigenvalue weighted by atomic mass is 32.2. The second-order valence-electron chi connectivity index (χ2n) is 3.98. The predicted molar refractivity (Wildman–Crippen MR) is 65.3 cm³/mol. The Labute approximate surface area is 98.5 Å². The SMILES string of the molecule is NC1c2ccccc2CC1Sc1ncc[nH]1. The summed E-state index contributed by atoms with van der Waals surface area (Å²) in [5.41, 5.74) is 8.90. The number of nitrogens with two attached hydrogens (primary N) is 1. The van der Waals surface area contributed by atoms with Crippen LogP contribution in [0.25, 0.3) is 0 Å². The summed E-state index contributed by atoms with van der Waals surface area (Å²) in [5.74, 6) is 0. The summed E-state index contributed by atoms with van der Waals surface area (Å²) in [6.45, 7) is 0. The number of rotatable bonds is 2. The molecule has 0 fully saturated rings. The average Bonchev–Trinajstić information content (AvgIpc) is 2.90. The van der Waals surface area contributed by atoms with Gasteiger partial charge in [-0.25, -0.2) is 4.98 Å². The molecule has 0 radical (unpaired) electrons. The maximum atomic E-state index is 6.24. The van der Waals surface area contributed by atoms with Crippen molar-refractivity contribution in [2.75, 3.05) is 0 Å². The lowest BCUT2D eigenvalue weighted by Gasteiger charge is -2.13. The number of aromatic amines is 1. The van der Waals surface area contributed by atoms with E-state index in [2.05, 4.69) is 34.2 Å². The molecule has 2 atom stereocenters. The number of aromatic nitrogens is 2. The lowest BCUT2D eigenvalue weighted by atomic mass is 10.1. The Bertz CT molecular complexity index is 479. The second kappa shape index (κ2) is 3.96. The third-order valence-corrected chi connectivity index (χ3v) is 4.18. The first-order valence-electron chi connectivity index (χ1n) is 5.34. The Morgan fingerprint density at radius 2 is 2.25 bits per heavy atom. The number of benzene rings is 1. The van der Waals surface area contributed by atoms with Crippen LogP contribution >= 0.6 is 11.8 Å². The molecule has 82 valence electrons. The summed E-state index contributed by atoms with van der Waals surface area (Å²) >= 11 is 1.73. The molecule has 1 aromatic carbocycles. The van der Waals surface area contributed by atoms with E-state index in [1.54, 1.807) is 18.0 Å². The third kappa shape index (κ3) is 1.64. The standard InChI is InChI=1S/C12H13N3S/c13-11-9-4-2-1-3-8(9)7-10(11)16-12-14-5-6-15-12/h1-6,10-11H,7,13H2,(H,14,15). The highest BCUT2D eigenvalue weighted by molar-refractivity contribution is 7.99. The van der Waals surface area contributed by atoms with Gasteiger partial charge in [0, 0.05) is 23.7 Å². The number of thioether (sulfide) groups is 1. The molecule has 0 saturated carbocycles. The number of nitrogens with one attached hydrogen (secondary N) is 1. The molecule has 3 rings (SSSR count). The normalized spacial score (nSPS) is 23.3. The van der Waals surface area contributed by atoms with E-state index in [4.69, 9.17) is 5.73 Å². The van der Waals surface area contributed by atoms with Crippen LogP contribution < -0.4 is 5.73 Å². The van der Waals surface area contributed by atoms with Gasteiger partial charge in [-0.2, -0.15) is 0 Å². The van der Waals surface area contributed by atoms with Gasteiger partial charge in [0.1, 0.15) is 0 Å². The molecule has 16 heavy (non-hydrogen) atoms. The van der Waals surface area contributed by atoms with Crippen molar-refractivity contribution in [3.63, 3.8) is 0 Å². The van der Waals surface area contributed by atoms with Gasteiger partial charge in [0.2, 0.25) is 0 Å². The molecule has 0 bridgehead atoms. The predicted octanol–water partition coefficient (Wildman–Crippen LogP) is 2.13. The average molecular weight is 231 g/mol. The Hall–Kier alpha value is -1.26. The Morgan fingerprint density at radius 3 is 3.00 bits per heavy atom. The first-order valence-corrected chi connectivity index (χ1v) is 6.22. The van der Waals surface area contributed by atoms with Gasteiger partial charge in [-0.05, 0) is 17.5 Å². The zero-order valence-corrected chi connectivity index (χ0v) is 9.58. The lowest BCUT2D eigenvalue weighted by molar-refractivity contribution is 0.728. The lowest BCUT2D eigenvalue weighted by Crippen LogP contribution is -2.19. The highest BCUT2D eigenvalue weighted by Crippen LogP contribution is 2.38. The van der Waals surface area contributed by atoms with Crippen molar-refractivity contribution in [1.29, 1.82) is 0 Å². The summed E-state index contributed by atoms with van der Waals surface area (Å²) in [5, 5.41) is 1.34. The number of hydrogen-bond donors (Lipinski definition) is 2. The molecule has 0 saturated heterocycles. The van der Waals surface area contributed by atoms with Crippen molar-refractivity contribution in [2.45, 2.75) is 22.9 Å². The van der Waals surface area contributed by atoms with Gasteiger partial charge in [0.15, 0.2) is 5.16 Å². The van der Waals surface area contributed by atoms with Gasteiger partial charge in [-0.3, -0.25) is 0 Å². The van der Waals surface area contributed by atoms with E-state index in [1.807, 2.05) is 6.20 Å². The summed E-state index contributed by atoms with van der Waals surface area (Å²) in [7, 11) is 0. The fourth-order valence-corrected chi connectivity index (χ4v) is 3.26. The van der Waals surface area contributed by atoms with E-state index in [-0.39, 0.29) is 6.04 Å². The molecule has 3 nitrogen and oxygen atoms in total. The minimum absolute atomic E-state index is 0.117. The fraction of sp³-hybridized carbons (Fsp3) is 0.250. The van der Waals surface area contributed by atoms with E-state index in [0.717, 1.165) is 11.6 Å². The summed E-state index contributed by atoms with van der Waals surface area (Å²) in [4.78, 5) is 7.34. The van der Waals surface area contributed by atoms with Crippen molar-refractivity contribution >= 4 is 11.8 Å². The van der Waals surface area contributed by atoms with Crippen LogP contribution in [0.15, 0.2) is 41.8 Å². The van der Waals surface area contributed by atoms with Gasteiger partial charge in [-0.15, -0.1) is 0 Å². The molecule has 1 aliphatic carbocycles. The smallest absolute Gasteiger partial charge is 0.165 e. The molecule has 0 amide bonds. The molecule has 0 aliphatic heterocycles. The van der Waals surface area contributed by atoms with Crippen LogP contribution in [0.3, 0.4) is 0 Å². The molecule has 2 unspecified atom stereocenters. The van der Waals surface area contributed by atoms with Crippen LogP contribution in [0.5, 0.6) is 0 Å². The second-order valence-corrected chi connectivity index (χ2v) is 5.21. The summed E-state index contributed by atoms with van der Waals surface area (Å²) < 4.78 is 0. The van der Waals surface area contributed by atoms with Crippen LogP contribution in [0.1, 0.15) is 17.2 Å². The number of H-pyrrole nitrogens is 1. The molecule has 3 N–H and O–H groups in total. The largest absolute Gasteiger partial charge is 0.340 e. The zero-order chi connectivity index (χ0) is 11.0. The minimum Gasteiger partial charge on any atom is -0.340 e. The molecule has 1 aliphatic rings. The van der Waals surface area contributed by atoms with Crippen molar-refractivity contribution in [3.05, 3.63) is 47.8 Å².